The summed E-state index contributed by atoms with van der Waals surface area (Å²) in [5.74, 6) is 0.421. The van der Waals surface area contributed by atoms with E-state index in [0.717, 1.165) is 5.01 Å². The molecule has 1 aromatic rings. The maximum atomic E-state index is 5.43. The average Bonchev–Trinajstić information content (AvgIpc) is 2.37. The average molecular weight is 142 g/mol. The molecule has 3 heteroatoms. The lowest BCUT2D eigenvalue weighted by Gasteiger charge is -2.00. The molecule has 1 rings (SSSR count). The van der Waals surface area contributed by atoms with E-state index < -0.39 is 0 Å². The van der Waals surface area contributed by atoms with E-state index in [1.54, 1.807) is 11.3 Å². The van der Waals surface area contributed by atoms with Gasteiger partial charge in [-0.05, 0) is 0 Å². The van der Waals surface area contributed by atoms with E-state index in [-0.39, 0.29) is 0 Å². The van der Waals surface area contributed by atoms with Crippen molar-refractivity contribution in [3.63, 3.8) is 0 Å². The maximum absolute atomic E-state index is 5.43. The molecule has 2 nitrogen and oxygen atoms in total. The lowest BCUT2D eigenvalue weighted by Crippen LogP contribution is -2.08. The lowest BCUT2D eigenvalue weighted by atomic mass is 10.2. The molecule has 0 aromatic carbocycles. The van der Waals surface area contributed by atoms with E-state index in [2.05, 4.69) is 11.9 Å². The van der Waals surface area contributed by atoms with Gasteiger partial charge in [0.2, 0.25) is 0 Å². The van der Waals surface area contributed by atoms with Crippen LogP contribution >= 0.6 is 11.3 Å². The largest absolute Gasteiger partial charge is 0.330 e. The van der Waals surface area contributed by atoms with Crippen molar-refractivity contribution in [1.82, 2.24) is 4.98 Å². The van der Waals surface area contributed by atoms with Crippen molar-refractivity contribution in [1.29, 1.82) is 0 Å². The van der Waals surface area contributed by atoms with Gasteiger partial charge >= 0.3 is 0 Å². The molecule has 0 aliphatic heterocycles. The number of nitrogens with two attached hydrogens (primary N) is 1. The summed E-state index contributed by atoms with van der Waals surface area (Å²) in [7, 11) is 0. The summed E-state index contributed by atoms with van der Waals surface area (Å²) >= 11 is 1.66. The van der Waals surface area contributed by atoms with Crippen LogP contribution in [-0.4, -0.2) is 11.5 Å². The molecule has 0 radical (unpaired) electrons. The normalized spacial score (nSPS) is 13.6. The second-order valence-corrected chi connectivity index (χ2v) is 2.93. The molecule has 0 spiro atoms. The quantitative estimate of drug-likeness (QED) is 0.674. The predicted molar refractivity (Wildman–Crippen MR) is 39.6 cm³/mol. The highest BCUT2D eigenvalue weighted by Crippen LogP contribution is 2.15. The van der Waals surface area contributed by atoms with Crippen LogP contribution in [0, 0.1) is 0 Å². The van der Waals surface area contributed by atoms with Crippen LogP contribution in [0.1, 0.15) is 17.8 Å². The summed E-state index contributed by atoms with van der Waals surface area (Å²) in [4.78, 5) is 4.13. The van der Waals surface area contributed by atoms with E-state index in [4.69, 9.17) is 5.73 Å². The van der Waals surface area contributed by atoms with Crippen LogP contribution < -0.4 is 5.73 Å². The first-order valence-electron chi connectivity index (χ1n) is 2.94. The Kier molecular flexibility index (Phi) is 2.19. The monoisotopic (exact) mass is 142 g/mol. The van der Waals surface area contributed by atoms with Gasteiger partial charge in [-0.2, -0.15) is 0 Å². The summed E-state index contributed by atoms with van der Waals surface area (Å²) in [5, 5.41) is 3.11. The van der Waals surface area contributed by atoms with Crippen molar-refractivity contribution in [2.75, 3.05) is 6.54 Å². The minimum Gasteiger partial charge on any atom is -0.330 e. The molecule has 1 atom stereocenters. The van der Waals surface area contributed by atoms with Crippen molar-refractivity contribution >= 4 is 11.3 Å². The predicted octanol–water partition coefficient (Wildman–Crippen LogP) is 1.21. The van der Waals surface area contributed by atoms with Gasteiger partial charge in [0.05, 0.1) is 5.01 Å². The molecule has 0 bridgehead atoms. The van der Waals surface area contributed by atoms with E-state index in [0.29, 0.717) is 12.5 Å². The second-order valence-electron chi connectivity index (χ2n) is 2.01. The van der Waals surface area contributed by atoms with Crippen LogP contribution in [0.2, 0.25) is 0 Å². The maximum Gasteiger partial charge on any atom is 0.0965 e. The van der Waals surface area contributed by atoms with Gasteiger partial charge in [-0.25, -0.2) is 4.98 Å². The van der Waals surface area contributed by atoms with Gasteiger partial charge in [0, 0.05) is 24.0 Å². The van der Waals surface area contributed by atoms with Crippen LogP contribution in [0.3, 0.4) is 0 Å². The Morgan fingerprint density at radius 3 is 3.11 bits per heavy atom. The lowest BCUT2D eigenvalue weighted by molar-refractivity contribution is 0.766. The van der Waals surface area contributed by atoms with Gasteiger partial charge in [-0.3, -0.25) is 0 Å². The van der Waals surface area contributed by atoms with Crippen molar-refractivity contribution < 1.29 is 0 Å². The minimum absolute atomic E-state index is 0.421. The second kappa shape index (κ2) is 2.94. The molecule has 0 saturated heterocycles. The zero-order valence-corrected chi connectivity index (χ0v) is 6.19. The van der Waals surface area contributed by atoms with Crippen molar-refractivity contribution in [2.45, 2.75) is 12.8 Å². The van der Waals surface area contributed by atoms with E-state index in [9.17, 15) is 0 Å². The summed E-state index contributed by atoms with van der Waals surface area (Å²) in [6.07, 6.45) is 1.81. The van der Waals surface area contributed by atoms with Gasteiger partial charge in [0.25, 0.3) is 0 Å². The Morgan fingerprint density at radius 2 is 2.67 bits per heavy atom. The number of nitrogens with zero attached hydrogens (tertiary/aromatic N) is 1. The van der Waals surface area contributed by atoms with Crippen LogP contribution in [0.4, 0.5) is 0 Å². The summed E-state index contributed by atoms with van der Waals surface area (Å²) < 4.78 is 0. The first-order chi connectivity index (χ1) is 4.34. The van der Waals surface area contributed by atoms with Crippen LogP contribution in [-0.2, 0) is 0 Å². The molecule has 0 fully saturated rings. The Bertz CT molecular complexity index is 160. The Hall–Kier alpha value is -0.410. The first kappa shape index (κ1) is 6.71. The number of hydrogen-bond acceptors (Lipinski definition) is 3. The van der Waals surface area contributed by atoms with Crippen molar-refractivity contribution in [3.05, 3.63) is 16.6 Å². The van der Waals surface area contributed by atoms with Crippen molar-refractivity contribution in [3.8, 4) is 0 Å². The number of thiazole rings is 1. The Morgan fingerprint density at radius 1 is 1.89 bits per heavy atom. The fourth-order valence-electron chi connectivity index (χ4n) is 0.579. The first-order valence-corrected chi connectivity index (χ1v) is 3.82. The fraction of sp³-hybridized carbons (Fsp3) is 0.500. The topological polar surface area (TPSA) is 38.9 Å². The smallest absolute Gasteiger partial charge is 0.0965 e. The molecule has 0 aliphatic rings. The molecule has 50 valence electrons. The zero-order valence-electron chi connectivity index (χ0n) is 5.37. The molecular formula is C6H10N2S. The SMILES string of the molecule is C[C@@H](CN)c1nccs1. The molecule has 0 aliphatic carbocycles. The van der Waals surface area contributed by atoms with Crippen molar-refractivity contribution in [2.24, 2.45) is 5.73 Å². The Balaban J connectivity index is 2.65. The summed E-state index contributed by atoms with van der Waals surface area (Å²) in [6.45, 7) is 2.77. The molecule has 0 amide bonds. The third-order valence-electron chi connectivity index (χ3n) is 1.23. The molecule has 2 N–H and O–H groups in total. The summed E-state index contributed by atoms with van der Waals surface area (Å²) in [6, 6.07) is 0. The Labute approximate surface area is 58.7 Å². The van der Waals surface area contributed by atoms with Crippen LogP contribution in [0.25, 0.3) is 0 Å². The van der Waals surface area contributed by atoms with Crippen LogP contribution in [0.5, 0.6) is 0 Å². The third-order valence-corrected chi connectivity index (χ3v) is 2.23. The highest BCUT2D eigenvalue weighted by Gasteiger charge is 2.03. The van der Waals surface area contributed by atoms with Crippen LogP contribution in [0.15, 0.2) is 11.6 Å². The molecule has 0 unspecified atom stereocenters. The number of aromatic nitrogens is 1. The standard InChI is InChI=1S/C6H10N2S/c1-5(4-7)6-8-2-3-9-6/h2-3,5H,4,7H2,1H3/t5-/m0/s1. The van der Waals surface area contributed by atoms with Gasteiger partial charge < -0.3 is 5.73 Å². The molecule has 1 aromatic heterocycles. The molecule has 0 saturated carbocycles. The minimum atomic E-state index is 0.421. The van der Waals surface area contributed by atoms with Gasteiger partial charge in [-0.15, -0.1) is 11.3 Å². The third kappa shape index (κ3) is 1.50. The fourth-order valence-corrected chi connectivity index (χ4v) is 1.29. The van der Waals surface area contributed by atoms with E-state index >= 15 is 0 Å². The van der Waals surface area contributed by atoms with Gasteiger partial charge in [0.15, 0.2) is 0 Å². The molecule has 9 heavy (non-hydrogen) atoms. The van der Waals surface area contributed by atoms with Gasteiger partial charge in [0.1, 0.15) is 0 Å². The summed E-state index contributed by atoms with van der Waals surface area (Å²) in [5.41, 5.74) is 5.43. The molecule has 1 heterocycles. The highest BCUT2D eigenvalue weighted by atomic mass is 32.1. The highest BCUT2D eigenvalue weighted by molar-refractivity contribution is 7.09. The zero-order chi connectivity index (χ0) is 6.69. The number of hydrogen-bond donors (Lipinski definition) is 1. The van der Waals surface area contributed by atoms with E-state index in [1.807, 2.05) is 11.6 Å². The molecular weight excluding hydrogens is 132 g/mol. The van der Waals surface area contributed by atoms with E-state index in [1.165, 1.54) is 0 Å². The van der Waals surface area contributed by atoms with Gasteiger partial charge in [-0.1, -0.05) is 6.92 Å². The number of rotatable bonds is 2.